The van der Waals surface area contributed by atoms with Gasteiger partial charge >= 0.3 is 5.97 Å². The highest BCUT2D eigenvalue weighted by molar-refractivity contribution is 9.10. The molecule has 17 heavy (non-hydrogen) atoms. The minimum absolute atomic E-state index is 0.125. The number of aliphatic hydroxyl groups is 1. The summed E-state index contributed by atoms with van der Waals surface area (Å²) in [5.41, 5.74) is 0.531. The van der Waals surface area contributed by atoms with Gasteiger partial charge in [-0.1, -0.05) is 18.2 Å². The minimum Gasteiger partial charge on any atom is -0.478 e. The molecule has 2 N–H and O–H groups in total. The summed E-state index contributed by atoms with van der Waals surface area (Å²) in [5, 5.41) is 21.1. The zero-order valence-electron chi connectivity index (χ0n) is 8.63. The van der Waals surface area contributed by atoms with E-state index in [4.69, 9.17) is 5.11 Å². The standard InChI is InChI=1S/C12H9BrO3S/c13-9-5-6-17-11(9)10(14)7-3-1-2-4-8(7)12(15)16/h1-6,10,14H,(H,15,16). The average Bonchev–Trinajstić information content (AvgIpc) is 2.74. The van der Waals surface area contributed by atoms with Gasteiger partial charge in [-0.15, -0.1) is 11.3 Å². The van der Waals surface area contributed by atoms with Crippen molar-refractivity contribution in [3.8, 4) is 0 Å². The Balaban J connectivity index is 2.48. The van der Waals surface area contributed by atoms with E-state index in [1.165, 1.54) is 17.4 Å². The maximum absolute atomic E-state index is 11.1. The van der Waals surface area contributed by atoms with Crippen molar-refractivity contribution in [2.75, 3.05) is 0 Å². The molecule has 1 aromatic carbocycles. The summed E-state index contributed by atoms with van der Waals surface area (Å²) in [6, 6.07) is 8.30. The van der Waals surface area contributed by atoms with Gasteiger partial charge in [0.2, 0.25) is 0 Å². The summed E-state index contributed by atoms with van der Waals surface area (Å²) in [5.74, 6) is -1.03. The van der Waals surface area contributed by atoms with Crippen molar-refractivity contribution in [1.29, 1.82) is 0 Å². The van der Waals surface area contributed by atoms with Crippen molar-refractivity contribution in [3.05, 3.63) is 56.2 Å². The topological polar surface area (TPSA) is 57.5 Å². The number of carboxylic acids is 1. The molecule has 1 unspecified atom stereocenters. The fourth-order valence-corrected chi connectivity index (χ4v) is 3.16. The van der Waals surface area contributed by atoms with Crippen LogP contribution in [0.15, 0.2) is 40.2 Å². The molecule has 0 saturated carbocycles. The molecule has 0 fully saturated rings. The molecule has 2 rings (SSSR count). The van der Waals surface area contributed by atoms with Crippen molar-refractivity contribution in [3.63, 3.8) is 0 Å². The highest BCUT2D eigenvalue weighted by Crippen LogP contribution is 2.34. The summed E-state index contributed by atoms with van der Waals surface area (Å²) >= 11 is 4.71. The van der Waals surface area contributed by atoms with Crippen LogP contribution in [0, 0.1) is 0 Å². The van der Waals surface area contributed by atoms with E-state index in [2.05, 4.69) is 15.9 Å². The molecule has 0 aliphatic rings. The second kappa shape index (κ2) is 5.00. The number of aromatic carboxylic acids is 1. The molecule has 88 valence electrons. The second-order valence-corrected chi connectivity index (χ2v) is 5.23. The van der Waals surface area contributed by atoms with Crippen LogP contribution in [0.3, 0.4) is 0 Å². The van der Waals surface area contributed by atoms with Crippen LogP contribution >= 0.6 is 27.3 Å². The van der Waals surface area contributed by atoms with Gasteiger partial charge < -0.3 is 10.2 Å². The predicted octanol–water partition coefficient (Wildman–Crippen LogP) is 3.29. The molecule has 0 aliphatic heterocycles. The van der Waals surface area contributed by atoms with Gasteiger partial charge in [-0.25, -0.2) is 4.79 Å². The molecule has 1 aromatic heterocycles. The summed E-state index contributed by atoms with van der Waals surface area (Å²) in [6.07, 6.45) is -0.920. The number of benzene rings is 1. The third-order valence-corrected chi connectivity index (χ3v) is 4.30. The third kappa shape index (κ3) is 2.41. The van der Waals surface area contributed by atoms with Gasteiger partial charge in [-0.3, -0.25) is 0 Å². The van der Waals surface area contributed by atoms with Crippen molar-refractivity contribution in [2.45, 2.75) is 6.10 Å². The van der Waals surface area contributed by atoms with Crippen molar-refractivity contribution < 1.29 is 15.0 Å². The van der Waals surface area contributed by atoms with Gasteiger partial charge in [0.15, 0.2) is 0 Å². The largest absolute Gasteiger partial charge is 0.478 e. The first-order valence-electron chi connectivity index (χ1n) is 4.84. The SMILES string of the molecule is O=C(O)c1ccccc1C(O)c1sccc1Br. The number of aliphatic hydroxyl groups excluding tert-OH is 1. The van der Waals surface area contributed by atoms with Crippen molar-refractivity contribution in [2.24, 2.45) is 0 Å². The number of carboxylic acid groups (broad SMARTS) is 1. The Kier molecular flexibility index (Phi) is 3.61. The smallest absolute Gasteiger partial charge is 0.336 e. The van der Waals surface area contributed by atoms with Gasteiger partial charge in [0.25, 0.3) is 0 Å². The Morgan fingerprint density at radius 1 is 1.29 bits per heavy atom. The monoisotopic (exact) mass is 312 g/mol. The third-order valence-electron chi connectivity index (χ3n) is 2.38. The first-order valence-corrected chi connectivity index (χ1v) is 6.51. The van der Waals surface area contributed by atoms with Crippen LogP contribution in [0.4, 0.5) is 0 Å². The number of carbonyl (C=O) groups is 1. The summed E-state index contributed by atoms with van der Waals surface area (Å²) in [6.45, 7) is 0. The van der Waals surface area contributed by atoms with Crippen molar-refractivity contribution >= 4 is 33.2 Å². The van der Waals surface area contributed by atoms with E-state index in [0.29, 0.717) is 10.4 Å². The van der Waals surface area contributed by atoms with E-state index in [-0.39, 0.29) is 5.56 Å². The minimum atomic E-state index is -1.03. The predicted molar refractivity (Wildman–Crippen MR) is 69.5 cm³/mol. The van der Waals surface area contributed by atoms with Gasteiger partial charge in [0.1, 0.15) is 6.10 Å². The molecular formula is C12H9BrO3S. The van der Waals surface area contributed by atoms with Crippen LogP contribution in [-0.4, -0.2) is 16.2 Å². The summed E-state index contributed by atoms with van der Waals surface area (Å²) in [4.78, 5) is 11.8. The van der Waals surface area contributed by atoms with Crippen LogP contribution in [0.25, 0.3) is 0 Å². The van der Waals surface area contributed by atoms with E-state index < -0.39 is 12.1 Å². The number of hydrogen-bond acceptors (Lipinski definition) is 3. The van der Waals surface area contributed by atoms with Gasteiger partial charge in [0, 0.05) is 10.0 Å². The molecular weight excluding hydrogens is 304 g/mol. The molecule has 1 heterocycles. The first-order chi connectivity index (χ1) is 8.11. The van der Waals surface area contributed by atoms with Crippen LogP contribution in [0.1, 0.15) is 26.9 Å². The molecule has 5 heteroatoms. The Morgan fingerprint density at radius 2 is 2.00 bits per heavy atom. The van der Waals surface area contributed by atoms with Crippen LogP contribution in [0.5, 0.6) is 0 Å². The number of rotatable bonds is 3. The van der Waals surface area contributed by atoms with Gasteiger partial charge in [-0.05, 0) is 33.4 Å². The molecule has 0 amide bonds. The Labute approximate surface area is 110 Å². The molecule has 2 aromatic rings. The average molecular weight is 313 g/mol. The maximum atomic E-state index is 11.1. The Hall–Kier alpha value is -1.17. The lowest BCUT2D eigenvalue weighted by atomic mass is 10.0. The Bertz CT molecular complexity index is 550. The second-order valence-electron chi connectivity index (χ2n) is 3.43. The molecule has 1 atom stereocenters. The molecule has 0 spiro atoms. The Morgan fingerprint density at radius 3 is 2.59 bits per heavy atom. The lowest BCUT2D eigenvalue weighted by molar-refractivity contribution is 0.0691. The quantitative estimate of drug-likeness (QED) is 0.914. The van der Waals surface area contributed by atoms with E-state index in [1.54, 1.807) is 18.2 Å². The van der Waals surface area contributed by atoms with Crippen LogP contribution < -0.4 is 0 Å². The van der Waals surface area contributed by atoms with Crippen molar-refractivity contribution in [1.82, 2.24) is 0 Å². The highest BCUT2D eigenvalue weighted by atomic mass is 79.9. The molecule has 3 nitrogen and oxygen atoms in total. The number of hydrogen-bond donors (Lipinski definition) is 2. The number of halogens is 1. The highest BCUT2D eigenvalue weighted by Gasteiger charge is 2.20. The molecule has 0 aliphatic carbocycles. The molecule has 0 radical (unpaired) electrons. The number of thiophene rings is 1. The fraction of sp³-hybridized carbons (Fsp3) is 0.0833. The zero-order valence-corrected chi connectivity index (χ0v) is 11.0. The first kappa shape index (κ1) is 12.3. The maximum Gasteiger partial charge on any atom is 0.336 e. The summed E-state index contributed by atoms with van der Waals surface area (Å²) in [7, 11) is 0. The van der Waals surface area contributed by atoms with Gasteiger partial charge in [-0.2, -0.15) is 0 Å². The van der Waals surface area contributed by atoms with E-state index in [0.717, 1.165) is 4.47 Å². The molecule has 0 saturated heterocycles. The molecule has 0 bridgehead atoms. The zero-order chi connectivity index (χ0) is 12.4. The summed E-state index contributed by atoms with van der Waals surface area (Å²) < 4.78 is 0.787. The van der Waals surface area contributed by atoms with Crippen LogP contribution in [0.2, 0.25) is 0 Å². The van der Waals surface area contributed by atoms with E-state index in [1.807, 2.05) is 11.4 Å². The van der Waals surface area contributed by atoms with Gasteiger partial charge in [0.05, 0.1) is 10.4 Å². The van der Waals surface area contributed by atoms with Crippen LogP contribution in [-0.2, 0) is 0 Å². The fourth-order valence-electron chi connectivity index (χ4n) is 1.57. The lowest BCUT2D eigenvalue weighted by Gasteiger charge is -2.12. The van der Waals surface area contributed by atoms with E-state index in [9.17, 15) is 9.90 Å². The van der Waals surface area contributed by atoms with E-state index >= 15 is 0 Å². The lowest BCUT2D eigenvalue weighted by Crippen LogP contribution is -2.07. The normalized spacial score (nSPS) is 12.4.